The predicted molar refractivity (Wildman–Crippen MR) is 173 cm³/mol. The van der Waals surface area contributed by atoms with E-state index in [0.717, 1.165) is 46.4 Å². The molecule has 1 atom stereocenters. The molecule has 2 amide bonds. The predicted octanol–water partition coefficient (Wildman–Crippen LogP) is 5.95. The average molecular weight is 671 g/mol. The Morgan fingerprint density at radius 3 is 2.23 bits per heavy atom. The lowest BCUT2D eigenvalue weighted by atomic mass is 9.95. The van der Waals surface area contributed by atoms with Gasteiger partial charge in [-0.1, -0.05) is 65.5 Å². The zero-order chi connectivity index (χ0) is 30.8. The van der Waals surface area contributed by atoms with Crippen molar-refractivity contribution in [2.45, 2.75) is 69.4 Å². The number of nitrogens with one attached hydrogen (secondary N) is 1. The lowest BCUT2D eigenvalue weighted by molar-refractivity contribution is -0.139. The lowest BCUT2D eigenvalue weighted by Gasteiger charge is -2.33. The van der Waals surface area contributed by atoms with E-state index in [-0.39, 0.29) is 23.4 Å². The van der Waals surface area contributed by atoms with Crippen molar-refractivity contribution >= 4 is 43.5 Å². The first-order valence-electron chi connectivity index (χ1n) is 14.8. The lowest BCUT2D eigenvalue weighted by Crippen LogP contribution is -2.53. The zero-order valence-electron chi connectivity index (χ0n) is 24.7. The molecule has 0 aromatic heterocycles. The topological polar surface area (TPSA) is 96.0 Å². The van der Waals surface area contributed by atoms with E-state index in [0.29, 0.717) is 24.5 Å². The van der Waals surface area contributed by atoms with Gasteiger partial charge in [0.2, 0.25) is 11.8 Å². The summed E-state index contributed by atoms with van der Waals surface area (Å²) in [6.07, 6.45) is 5.68. The maximum Gasteiger partial charge on any atom is 0.264 e. The van der Waals surface area contributed by atoms with E-state index in [1.807, 2.05) is 37.3 Å². The molecule has 0 bridgehead atoms. The van der Waals surface area contributed by atoms with E-state index in [1.54, 1.807) is 43.3 Å². The number of sulfonamides is 1. The number of anilines is 1. The highest BCUT2D eigenvalue weighted by Crippen LogP contribution is 2.27. The minimum Gasteiger partial charge on any atom is -0.494 e. The molecule has 0 spiro atoms. The van der Waals surface area contributed by atoms with Gasteiger partial charge in [-0.05, 0) is 87.2 Å². The number of halogens is 1. The van der Waals surface area contributed by atoms with Crippen LogP contribution in [0.1, 0.15) is 51.5 Å². The molecule has 10 heteroatoms. The first-order valence-corrected chi connectivity index (χ1v) is 17.1. The van der Waals surface area contributed by atoms with E-state index in [1.165, 1.54) is 17.0 Å². The second-order valence-electron chi connectivity index (χ2n) is 10.7. The number of hydrogen-bond donors (Lipinski definition) is 1. The number of ether oxygens (including phenoxy) is 1. The summed E-state index contributed by atoms with van der Waals surface area (Å²) in [5.41, 5.74) is 1.34. The number of carbonyl (C=O) groups is 2. The van der Waals surface area contributed by atoms with Crippen LogP contribution in [0.5, 0.6) is 5.75 Å². The summed E-state index contributed by atoms with van der Waals surface area (Å²) < 4.78 is 35.4. The van der Waals surface area contributed by atoms with E-state index in [4.69, 9.17) is 4.74 Å². The van der Waals surface area contributed by atoms with Crippen molar-refractivity contribution in [1.82, 2.24) is 10.2 Å². The van der Waals surface area contributed by atoms with Gasteiger partial charge in [0.25, 0.3) is 10.0 Å². The number of carbonyl (C=O) groups excluding carboxylic acids is 2. The van der Waals surface area contributed by atoms with E-state index in [9.17, 15) is 18.0 Å². The highest BCUT2D eigenvalue weighted by molar-refractivity contribution is 9.10. The molecular formula is C33H40BrN3O5S. The first kappa shape index (κ1) is 32.5. The smallest absolute Gasteiger partial charge is 0.264 e. The van der Waals surface area contributed by atoms with Gasteiger partial charge in [-0.3, -0.25) is 13.9 Å². The number of hydrogen-bond acceptors (Lipinski definition) is 5. The zero-order valence-corrected chi connectivity index (χ0v) is 27.1. The molecule has 1 N–H and O–H groups in total. The molecule has 0 unspecified atom stereocenters. The van der Waals surface area contributed by atoms with Gasteiger partial charge in [0.1, 0.15) is 18.3 Å². The van der Waals surface area contributed by atoms with Crippen LogP contribution >= 0.6 is 15.9 Å². The Morgan fingerprint density at radius 2 is 1.60 bits per heavy atom. The molecule has 4 rings (SSSR count). The van der Waals surface area contributed by atoms with Crippen LogP contribution < -0.4 is 14.4 Å². The minimum absolute atomic E-state index is 0.0521. The van der Waals surface area contributed by atoms with Crippen molar-refractivity contribution in [3.8, 4) is 5.75 Å². The molecule has 0 aliphatic heterocycles. The maximum atomic E-state index is 14.1. The number of nitrogens with zero attached hydrogens (tertiary/aromatic N) is 2. The Kier molecular flexibility index (Phi) is 11.6. The van der Waals surface area contributed by atoms with Gasteiger partial charge in [0, 0.05) is 17.1 Å². The van der Waals surface area contributed by atoms with Crippen LogP contribution in [0.15, 0.2) is 88.2 Å². The fourth-order valence-electron chi connectivity index (χ4n) is 5.28. The SMILES string of the molecule is CCOc1ccc(N(CC(=O)N(CCc2ccccc2)[C@@H](C)C(=O)NC2CCCCC2)S(=O)(=O)c2ccc(Br)cc2)cc1. The number of benzene rings is 3. The van der Waals surface area contributed by atoms with E-state index >= 15 is 0 Å². The molecule has 0 radical (unpaired) electrons. The summed E-state index contributed by atoms with van der Waals surface area (Å²) in [4.78, 5) is 29.1. The fourth-order valence-corrected chi connectivity index (χ4v) is 6.96. The standard InChI is InChI=1S/C33H40BrN3O5S/c1-3-42-30-18-16-29(17-19-30)37(43(40,41)31-20-14-27(34)15-21-31)24-32(38)36(23-22-26-10-6-4-7-11-26)25(2)33(39)35-28-12-8-5-9-13-28/h4,6-7,10-11,14-21,25,28H,3,5,8-9,12-13,22-24H2,1-2H3,(H,35,39)/t25-/m0/s1. The normalized spacial score (nSPS) is 14.5. The Balaban J connectivity index is 1.64. The molecule has 1 fully saturated rings. The molecule has 0 saturated heterocycles. The summed E-state index contributed by atoms with van der Waals surface area (Å²) in [5.74, 6) is -0.0930. The molecule has 8 nitrogen and oxygen atoms in total. The molecule has 1 aliphatic carbocycles. The first-order chi connectivity index (χ1) is 20.7. The van der Waals surface area contributed by atoms with E-state index < -0.39 is 28.5 Å². The highest BCUT2D eigenvalue weighted by Gasteiger charge is 2.33. The van der Waals surface area contributed by atoms with Gasteiger partial charge < -0.3 is 15.0 Å². The van der Waals surface area contributed by atoms with Crippen LogP contribution in [-0.2, 0) is 26.0 Å². The summed E-state index contributed by atoms with van der Waals surface area (Å²) in [6.45, 7) is 3.84. The minimum atomic E-state index is -4.14. The van der Waals surface area contributed by atoms with Crippen LogP contribution in [0, 0.1) is 0 Å². The van der Waals surface area contributed by atoms with Gasteiger partial charge >= 0.3 is 0 Å². The molecule has 43 heavy (non-hydrogen) atoms. The largest absolute Gasteiger partial charge is 0.494 e. The Labute approximate surface area is 263 Å². The van der Waals surface area contributed by atoms with E-state index in [2.05, 4.69) is 21.2 Å². The van der Waals surface area contributed by atoms with Gasteiger partial charge in [-0.15, -0.1) is 0 Å². The van der Waals surface area contributed by atoms with Crippen molar-refractivity contribution in [3.63, 3.8) is 0 Å². The summed E-state index contributed by atoms with van der Waals surface area (Å²) in [5, 5.41) is 3.13. The number of rotatable bonds is 13. The Hall–Kier alpha value is -3.37. The third-order valence-electron chi connectivity index (χ3n) is 7.72. The Bertz CT molecular complexity index is 1440. The second-order valence-corrected chi connectivity index (χ2v) is 13.5. The third kappa shape index (κ3) is 8.83. The van der Waals surface area contributed by atoms with Gasteiger partial charge in [0.15, 0.2) is 0 Å². The quantitative estimate of drug-likeness (QED) is 0.243. The van der Waals surface area contributed by atoms with Crippen molar-refractivity contribution in [3.05, 3.63) is 88.9 Å². The van der Waals surface area contributed by atoms with Gasteiger partial charge in [0.05, 0.1) is 17.2 Å². The summed E-state index contributed by atoms with van der Waals surface area (Å²) in [7, 11) is -4.14. The molecular weight excluding hydrogens is 630 g/mol. The van der Waals surface area contributed by atoms with Crippen molar-refractivity contribution in [2.75, 3.05) is 24.0 Å². The summed E-state index contributed by atoms with van der Waals surface area (Å²) >= 11 is 3.36. The Morgan fingerprint density at radius 1 is 0.953 bits per heavy atom. The molecule has 3 aromatic carbocycles. The average Bonchev–Trinajstić information content (AvgIpc) is 3.01. The van der Waals surface area contributed by atoms with Crippen molar-refractivity contribution in [2.24, 2.45) is 0 Å². The van der Waals surface area contributed by atoms with Crippen LogP contribution in [0.4, 0.5) is 5.69 Å². The monoisotopic (exact) mass is 669 g/mol. The molecule has 1 saturated carbocycles. The van der Waals surface area contributed by atoms with Crippen LogP contribution in [0.25, 0.3) is 0 Å². The fraction of sp³-hybridized carbons (Fsp3) is 0.394. The van der Waals surface area contributed by atoms with Gasteiger partial charge in [-0.25, -0.2) is 8.42 Å². The maximum absolute atomic E-state index is 14.1. The molecule has 0 heterocycles. The van der Waals surface area contributed by atoms with Gasteiger partial charge in [-0.2, -0.15) is 0 Å². The third-order valence-corrected chi connectivity index (χ3v) is 10.0. The molecule has 3 aromatic rings. The van der Waals surface area contributed by atoms with Crippen molar-refractivity contribution in [1.29, 1.82) is 0 Å². The van der Waals surface area contributed by atoms with Crippen LogP contribution in [0.2, 0.25) is 0 Å². The highest BCUT2D eigenvalue weighted by atomic mass is 79.9. The molecule has 1 aliphatic rings. The second kappa shape index (κ2) is 15.4. The number of amides is 2. The van der Waals surface area contributed by atoms with Crippen LogP contribution in [-0.4, -0.2) is 56.9 Å². The summed E-state index contributed by atoms with van der Waals surface area (Å²) in [6, 6.07) is 21.9. The van der Waals surface area contributed by atoms with Crippen LogP contribution in [0.3, 0.4) is 0 Å². The van der Waals surface area contributed by atoms with Crippen molar-refractivity contribution < 1.29 is 22.7 Å². The molecule has 230 valence electrons.